The van der Waals surface area contributed by atoms with Crippen molar-refractivity contribution in [1.82, 2.24) is 0 Å². The predicted octanol–water partition coefficient (Wildman–Crippen LogP) is 1.52. The lowest BCUT2D eigenvalue weighted by Crippen LogP contribution is -2.48. The fraction of sp³-hybridized carbons (Fsp3) is 0.294. The molecule has 1 saturated heterocycles. The van der Waals surface area contributed by atoms with E-state index in [9.17, 15) is 14.9 Å². The highest BCUT2D eigenvalue weighted by Crippen LogP contribution is 2.30. The molecule has 0 unspecified atom stereocenters. The Morgan fingerprint density at radius 2 is 1.88 bits per heavy atom. The molecule has 0 saturated carbocycles. The van der Waals surface area contributed by atoms with Crippen LogP contribution in [0.25, 0.3) is 0 Å². The zero-order valence-electron chi connectivity index (χ0n) is 13.8. The van der Waals surface area contributed by atoms with Gasteiger partial charge < -0.3 is 9.64 Å². The molecule has 2 heterocycles. The first-order chi connectivity index (χ1) is 12.1. The Hall–Kier alpha value is -3.16. The lowest BCUT2D eigenvalue weighted by Gasteiger charge is -2.32. The number of ether oxygens (including phenoxy) is 1. The van der Waals surface area contributed by atoms with E-state index >= 15 is 0 Å². The molecule has 0 atom stereocenters. The summed E-state index contributed by atoms with van der Waals surface area (Å²) < 4.78 is 4.63. The van der Waals surface area contributed by atoms with E-state index in [1.165, 1.54) is 13.2 Å². The first-order valence-corrected chi connectivity index (χ1v) is 7.93. The monoisotopic (exact) mass is 343 g/mol. The van der Waals surface area contributed by atoms with Crippen LogP contribution in [0, 0.1) is 10.1 Å². The number of nitrogens with one attached hydrogen (secondary N) is 1. The van der Waals surface area contributed by atoms with Gasteiger partial charge in [0.1, 0.15) is 18.8 Å². The summed E-state index contributed by atoms with van der Waals surface area (Å²) in [7, 11) is 1.25. The first kappa shape index (κ1) is 16.7. The van der Waals surface area contributed by atoms with Crippen LogP contribution in [0.1, 0.15) is 10.4 Å². The van der Waals surface area contributed by atoms with Gasteiger partial charge in [-0.15, -0.1) is 0 Å². The lowest BCUT2D eigenvalue weighted by molar-refractivity contribution is -0.384. The SMILES string of the molecule is COC(=O)c1ccc(N2CCN(c3cccc[nH+]3)CC2)c([N+](=O)[O-])c1. The Balaban J connectivity index is 1.78. The number of carbonyl (C=O) groups is 1. The number of benzene rings is 1. The highest BCUT2D eigenvalue weighted by molar-refractivity contribution is 5.91. The molecular weight excluding hydrogens is 324 g/mol. The van der Waals surface area contributed by atoms with E-state index < -0.39 is 10.9 Å². The molecule has 0 spiro atoms. The van der Waals surface area contributed by atoms with Gasteiger partial charge >= 0.3 is 5.97 Å². The number of H-pyrrole nitrogens is 1. The fourth-order valence-corrected chi connectivity index (χ4v) is 2.95. The van der Waals surface area contributed by atoms with Gasteiger partial charge in [-0.2, -0.15) is 0 Å². The second-order valence-corrected chi connectivity index (χ2v) is 5.67. The van der Waals surface area contributed by atoms with Crippen molar-refractivity contribution < 1.29 is 19.4 Å². The first-order valence-electron chi connectivity index (χ1n) is 7.93. The highest BCUT2D eigenvalue weighted by Gasteiger charge is 2.28. The van der Waals surface area contributed by atoms with Gasteiger partial charge in [-0.3, -0.25) is 15.0 Å². The normalized spacial score (nSPS) is 14.3. The second kappa shape index (κ2) is 7.16. The number of anilines is 2. The Morgan fingerprint density at radius 3 is 2.48 bits per heavy atom. The molecule has 1 aromatic heterocycles. The highest BCUT2D eigenvalue weighted by atomic mass is 16.6. The Labute approximate surface area is 144 Å². The molecule has 0 bridgehead atoms. The topological polar surface area (TPSA) is 90.1 Å². The van der Waals surface area contributed by atoms with Crippen LogP contribution in [-0.2, 0) is 4.74 Å². The maximum absolute atomic E-state index is 11.6. The van der Waals surface area contributed by atoms with E-state index in [2.05, 4.69) is 14.6 Å². The minimum Gasteiger partial charge on any atom is -0.465 e. The fourth-order valence-electron chi connectivity index (χ4n) is 2.95. The quantitative estimate of drug-likeness (QED) is 0.475. The van der Waals surface area contributed by atoms with Crippen LogP contribution in [0.3, 0.4) is 0 Å². The summed E-state index contributed by atoms with van der Waals surface area (Å²) in [6.45, 7) is 2.80. The number of esters is 1. The Kier molecular flexibility index (Phi) is 4.78. The van der Waals surface area contributed by atoms with Crippen molar-refractivity contribution in [2.45, 2.75) is 0 Å². The third-order valence-corrected chi connectivity index (χ3v) is 4.25. The maximum Gasteiger partial charge on any atom is 0.338 e. The van der Waals surface area contributed by atoms with Gasteiger partial charge in [0.15, 0.2) is 0 Å². The van der Waals surface area contributed by atoms with Crippen molar-refractivity contribution in [2.75, 3.05) is 43.1 Å². The van der Waals surface area contributed by atoms with Crippen molar-refractivity contribution in [3.63, 3.8) is 0 Å². The molecule has 0 radical (unpaired) electrons. The summed E-state index contributed by atoms with van der Waals surface area (Å²) in [5.74, 6) is 0.441. The number of carbonyl (C=O) groups excluding carboxylic acids is 1. The molecule has 0 aliphatic carbocycles. The Morgan fingerprint density at radius 1 is 1.16 bits per heavy atom. The standard InChI is InChI=1S/C17H18N4O4/c1-25-17(22)13-5-6-14(15(12-13)21(23)24)19-8-10-20(11-9-19)16-4-2-3-7-18-16/h2-7,12H,8-11H2,1H3/p+1. The summed E-state index contributed by atoms with van der Waals surface area (Å²) in [4.78, 5) is 29.9. The third-order valence-electron chi connectivity index (χ3n) is 4.25. The van der Waals surface area contributed by atoms with Crippen LogP contribution in [0.4, 0.5) is 17.2 Å². The van der Waals surface area contributed by atoms with Gasteiger partial charge in [0.25, 0.3) is 11.5 Å². The molecule has 1 fully saturated rings. The minimum atomic E-state index is -0.584. The van der Waals surface area contributed by atoms with E-state index in [0.29, 0.717) is 18.8 Å². The van der Waals surface area contributed by atoms with Gasteiger partial charge in [-0.05, 0) is 18.2 Å². The molecule has 1 aliphatic heterocycles. The summed E-state index contributed by atoms with van der Waals surface area (Å²) in [6.07, 6.45) is 1.87. The van der Waals surface area contributed by atoms with Crippen molar-refractivity contribution in [1.29, 1.82) is 0 Å². The number of rotatable bonds is 4. The summed E-state index contributed by atoms with van der Waals surface area (Å²) in [5, 5.41) is 11.4. The number of aromatic amines is 1. The lowest BCUT2D eigenvalue weighted by atomic mass is 10.1. The van der Waals surface area contributed by atoms with Crippen molar-refractivity contribution in [3.8, 4) is 0 Å². The Bertz CT molecular complexity index is 773. The molecule has 8 nitrogen and oxygen atoms in total. The van der Waals surface area contributed by atoms with Gasteiger partial charge in [0.2, 0.25) is 0 Å². The smallest absolute Gasteiger partial charge is 0.338 e. The molecule has 0 amide bonds. The number of methoxy groups -OCH3 is 1. The van der Waals surface area contributed by atoms with Crippen LogP contribution in [-0.4, -0.2) is 44.2 Å². The van der Waals surface area contributed by atoms with E-state index in [4.69, 9.17) is 0 Å². The third kappa shape index (κ3) is 3.52. The van der Waals surface area contributed by atoms with E-state index in [0.717, 1.165) is 18.9 Å². The van der Waals surface area contributed by atoms with Crippen LogP contribution < -0.4 is 14.8 Å². The number of piperazine rings is 1. The van der Waals surface area contributed by atoms with Gasteiger partial charge in [-0.1, -0.05) is 6.07 Å². The van der Waals surface area contributed by atoms with E-state index in [1.807, 2.05) is 29.3 Å². The molecule has 1 N–H and O–H groups in total. The number of nitro benzene ring substituents is 1. The number of aromatic nitrogens is 1. The predicted molar refractivity (Wildman–Crippen MR) is 91.9 cm³/mol. The van der Waals surface area contributed by atoms with Crippen LogP contribution >= 0.6 is 0 Å². The van der Waals surface area contributed by atoms with Crippen LogP contribution in [0.2, 0.25) is 0 Å². The number of pyridine rings is 1. The zero-order chi connectivity index (χ0) is 17.8. The minimum absolute atomic E-state index is 0.0809. The average Bonchev–Trinajstić information content (AvgIpc) is 2.67. The molecule has 1 aromatic carbocycles. The summed E-state index contributed by atoms with van der Waals surface area (Å²) in [5.41, 5.74) is 0.618. The molecule has 2 aromatic rings. The number of hydrogen-bond donors (Lipinski definition) is 0. The average molecular weight is 343 g/mol. The van der Waals surface area contributed by atoms with Gasteiger partial charge in [0.05, 0.1) is 36.9 Å². The maximum atomic E-state index is 11.6. The number of nitro groups is 1. The van der Waals surface area contributed by atoms with Crippen molar-refractivity contribution in [3.05, 3.63) is 58.3 Å². The van der Waals surface area contributed by atoms with Crippen molar-refractivity contribution in [2.24, 2.45) is 0 Å². The van der Waals surface area contributed by atoms with Gasteiger partial charge in [-0.25, -0.2) is 9.78 Å². The van der Waals surface area contributed by atoms with E-state index in [1.54, 1.807) is 12.1 Å². The molecule has 25 heavy (non-hydrogen) atoms. The number of nitrogens with zero attached hydrogens (tertiary/aromatic N) is 3. The largest absolute Gasteiger partial charge is 0.465 e. The van der Waals surface area contributed by atoms with E-state index in [-0.39, 0.29) is 11.3 Å². The molecule has 8 heteroatoms. The second-order valence-electron chi connectivity index (χ2n) is 5.67. The summed E-state index contributed by atoms with van der Waals surface area (Å²) >= 11 is 0. The molecular formula is C17H19N4O4+. The van der Waals surface area contributed by atoms with Crippen LogP contribution in [0.15, 0.2) is 42.6 Å². The molecule has 3 rings (SSSR count). The van der Waals surface area contributed by atoms with Crippen LogP contribution in [0.5, 0.6) is 0 Å². The summed E-state index contributed by atoms with van der Waals surface area (Å²) in [6, 6.07) is 10.3. The number of hydrogen-bond acceptors (Lipinski definition) is 6. The van der Waals surface area contributed by atoms with Crippen molar-refractivity contribution >= 4 is 23.2 Å². The zero-order valence-corrected chi connectivity index (χ0v) is 13.8. The van der Waals surface area contributed by atoms with Gasteiger partial charge in [0, 0.05) is 12.1 Å². The molecule has 1 aliphatic rings. The molecule has 130 valence electrons.